The summed E-state index contributed by atoms with van der Waals surface area (Å²) in [5.74, 6) is 2.27. The average Bonchev–Trinajstić information content (AvgIpc) is 3.01. The average molecular weight is 312 g/mol. The normalized spacial score (nSPS) is 17.3. The predicted molar refractivity (Wildman–Crippen MR) is 93.3 cm³/mol. The third-order valence-corrected chi connectivity index (χ3v) is 4.24. The van der Waals surface area contributed by atoms with Crippen molar-refractivity contribution in [1.29, 1.82) is 0 Å². The topological polar surface area (TPSA) is 50.3 Å². The zero-order valence-corrected chi connectivity index (χ0v) is 14.0. The molecule has 0 saturated carbocycles. The van der Waals surface area contributed by atoms with Crippen LogP contribution in [-0.4, -0.2) is 36.7 Å². The van der Waals surface area contributed by atoms with Gasteiger partial charge in [0.25, 0.3) is 0 Å². The van der Waals surface area contributed by atoms with E-state index in [0.29, 0.717) is 5.92 Å². The largest absolute Gasteiger partial charge is 0.495 e. The molecule has 1 aliphatic rings. The number of anilines is 2. The second-order valence-electron chi connectivity index (χ2n) is 6.13. The summed E-state index contributed by atoms with van der Waals surface area (Å²) >= 11 is 0. The molecule has 1 aromatic heterocycles. The van der Waals surface area contributed by atoms with Crippen molar-refractivity contribution in [3.8, 4) is 5.75 Å². The molecule has 23 heavy (non-hydrogen) atoms. The van der Waals surface area contributed by atoms with Crippen LogP contribution in [0.4, 0.5) is 11.6 Å². The van der Waals surface area contributed by atoms with E-state index in [1.165, 1.54) is 5.69 Å². The molecule has 5 nitrogen and oxygen atoms in total. The summed E-state index contributed by atoms with van der Waals surface area (Å²) in [6, 6.07) is 10.2. The maximum atomic E-state index is 5.47. The van der Waals surface area contributed by atoms with Crippen molar-refractivity contribution < 1.29 is 4.74 Å². The number of benzene rings is 1. The molecule has 0 amide bonds. The highest BCUT2D eigenvalue weighted by Gasteiger charge is 2.24. The molecule has 1 fully saturated rings. The van der Waals surface area contributed by atoms with Crippen LogP contribution in [0.3, 0.4) is 0 Å². The highest BCUT2D eigenvalue weighted by Crippen LogP contribution is 2.31. The summed E-state index contributed by atoms with van der Waals surface area (Å²) in [5, 5.41) is 3.39. The third-order valence-electron chi connectivity index (χ3n) is 4.24. The van der Waals surface area contributed by atoms with Crippen LogP contribution >= 0.6 is 0 Å². The molecule has 2 aromatic rings. The molecule has 1 N–H and O–H groups in total. The van der Waals surface area contributed by atoms with Crippen LogP contribution in [0.25, 0.3) is 0 Å². The van der Waals surface area contributed by atoms with E-state index < -0.39 is 0 Å². The van der Waals surface area contributed by atoms with Gasteiger partial charge in [-0.25, -0.2) is 9.97 Å². The fourth-order valence-electron chi connectivity index (χ4n) is 3.15. The number of aryl methyl sites for hydroxylation is 2. The maximum Gasteiger partial charge on any atom is 0.223 e. The van der Waals surface area contributed by atoms with E-state index in [4.69, 9.17) is 4.74 Å². The Bertz CT molecular complexity index is 654. The molecule has 2 heterocycles. The standard InChI is InChI=1S/C18H24N4O/c1-13-10-14(2)21-18(20-13)19-11-15-8-9-22(12-15)16-6-4-5-7-17(16)23-3/h4-7,10,15H,8-9,11-12H2,1-3H3,(H,19,20,21). The van der Waals surface area contributed by atoms with Gasteiger partial charge in [-0.15, -0.1) is 0 Å². The minimum Gasteiger partial charge on any atom is -0.495 e. The number of para-hydroxylation sites is 2. The first kappa shape index (κ1) is 15.6. The molecule has 1 saturated heterocycles. The van der Waals surface area contributed by atoms with Gasteiger partial charge in [-0.2, -0.15) is 0 Å². The van der Waals surface area contributed by atoms with Gasteiger partial charge in [-0.1, -0.05) is 12.1 Å². The summed E-state index contributed by atoms with van der Waals surface area (Å²) in [6.45, 7) is 6.98. The fraction of sp³-hybridized carbons (Fsp3) is 0.444. The molecule has 0 radical (unpaired) electrons. The van der Waals surface area contributed by atoms with Gasteiger partial charge < -0.3 is 15.0 Å². The molecule has 5 heteroatoms. The van der Waals surface area contributed by atoms with Crippen LogP contribution < -0.4 is 15.0 Å². The van der Waals surface area contributed by atoms with Crippen LogP contribution in [0, 0.1) is 19.8 Å². The Balaban J connectivity index is 1.59. The zero-order chi connectivity index (χ0) is 16.2. The van der Waals surface area contributed by atoms with Gasteiger partial charge in [0.15, 0.2) is 0 Å². The number of hydrogen-bond acceptors (Lipinski definition) is 5. The van der Waals surface area contributed by atoms with Crippen LogP contribution in [0.15, 0.2) is 30.3 Å². The lowest BCUT2D eigenvalue weighted by molar-refractivity contribution is 0.414. The Kier molecular flexibility index (Phi) is 4.65. The van der Waals surface area contributed by atoms with Crippen molar-refractivity contribution >= 4 is 11.6 Å². The Labute approximate surface area is 137 Å². The molecular weight excluding hydrogens is 288 g/mol. The quantitative estimate of drug-likeness (QED) is 0.919. The minimum absolute atomic E-state index is 0.587. The number of ether oxygens (including phenoxy) is 1. The Morgan fingerprint density at radius 3 is 2.70 bits per heavy atom. The van der Waals surface area contributed by atoms with Crippen LogP contribution in [0.1, 0.15) is 17.8 Å². The van der Waals surface area contributed by atoms with Gasteiger partial charge in [-0.05, 0) is 44.4 Å². The lowest BCUT2D eigenvalue weighted by atomic mass is 10.1. The molecule has 0 spiro atoms. The van der Waals surface area contributed by atoms with Crippen LogP contribution in [0.5, 0.6) is 5.75 Å². The van der Waals surface area contributed by atoms with Crippen molar-refractivity contribution in [3.05, 3.63) is 41.7 Å². The zero-order valence-electron chi connectivity index (χ0n) is 14.0. The molecule has 1 atom stereocenters. The molecule has 1 aliphatic heterocycles. The van der Waals surface area contributed by atoms with Gasteiger partial charge in [-0.3, -0.25) is 0 Å². The Hall–Kier alpha value is -2.30. The minimum atomic E-state index is 0.587. The summed E-state index contributed by atoms with van der Waals surface area (Å²) in [5.41, 5.74) is 3.18. The van der Waals surface area contributed by atoms with Crippen LogP contribution in [-0.2, 0) is 0 Å². The van der Waals surface area contributed by atoms with Crippen molar-refractivity contribution in [2.24, 2.45) is 5.92 Å². The second-order valence-corrected chi connectivity index (χ2v) is 6.13. The summed E-state index contributed by atoms with van der Waals surface area (Å²) in [4.78, 5) is 11.3. The van der Waals surface area contributed by atoms with Gasteiger partial charge >= 0.3 is 0 Å². The number of rotatable bonds is 5. The van der Waals surface area contributed by atoms with E-state index >= 15 is 0 Å². The van der Waals surface area contributed by atoms with Crippen molar-refractivity contribution in [3.63, 3.8) is 0 Å². The second kappa shape index (κ2) is 6.86. The summed E-state index contributed by atoms with van der Waals surface area (Å²) < 4.78 is 5.47. The first-order valence-electron chi connectivity index (χ1n) is 8.10. The first-order chi connectivity index (χ1) is 11.2. The molecule has 1 unspecified atom stereocenters. The molecule has 3 rings (SSSR count). The number of nitrogens with zero attached hydrogens (tertiary/aromatic N) is 3. The number of methoxy groups -OCH3 is 1. The van der Waals surface area contributed by atoms with E-state index in [0.717, 1.165) is 49.1 Å². The van der Waals surface area contributed by atoms with Gasteiger partial charge in [0.1, 0.15) is 5.75 Å². The monoisotopic (exact) mass is 312 g/mol. The molecule has 0 bridgehead atoms. The SMILES string of the molecule is COc1ccccc1N1CCC(CNc2nc(C)cc(C)n2)C1. The van der Waals surface area contributed by atoms with E-state index in [2.05, 4.69) is 32.3 Å². The lowest BCUT2D eigenvalue weighted by Gasteiger charge is -2.21. The number of nitrogens with one attached hydrogen (secondary N) is 1. The smallest absolute Gasteiger partial charge is 0.223 e. The van der Waals surface area contributed by atoms with Gasteiger partial charge in [0.05, 0.1) is 12.8 Å². The van der Waals surface area contributed by atoms with Crippen LogP contribution in [0.2, 0.25) is 0 Å². The predicted octanol–water partition coefficient (Wildman–Crippen LogP) is 3.04. The van der Waals surface area contributed by atoms with E-state index in [1.54, 1.807) is 7.11 Å². The lowest BCUT2D eigenvalue weighted by Crippen LogP contribution is -2.23. The molecular formula is C18H24N4O. The molecule has 122 valence electrons. The highest BCUT2D eigenvalue weighted by atomic mass is 16.5. The van der Waals surface area contributed by atoms with Gasteiger partial charge in [0.2, 0.25) is 5.95 Å². The fourth-order valence-corrected chi connectivity index (χ4v) is 3.15. The Morgan fingerprint density at radius 2 is 1.96 bits per heavy atom. The van der Waals surface area contributed by atoms with Crippen molar-refractivity contribution in [2.75, 3.05) is 37.0 Å². The summed E-state index contributed by atoms with van der Waals surface area (Å²) in [7, 11) is 1.73. The number of aromatic nitrogens is 2. The molecule has 0 aliphatic carbocycles. The van der Waals surface area contributed by atoms with Crippen molar-refractivity contribution in [2.45, 2.75) is 20.3 Å². The Morgan fingerprint density at radius 1 is 1.22 bits per heavy atom. The van der Waals surface area contributed by atoms with Crippen molar-refractivity contribution in [1.82, 2.24) is 9.97 Å². The maximum absolute atomic E-state index is 5.47. The molecule has 1 aromatic carbocycles. The first-order valence-corrected chi connectivity index (χ1v) is 8.10. The van der Waals surface area contributed by atoms with E-state index in [9.17, 15) is 0 Å². The highest BCUT2D eigenvalue weighted by molar-refractivity contribution is 5.59. The summed E-state index contributed by atoms with van der Waals surface area (Å²) in [6.07, 6.45) is 1.16. The van der Waals surface area contributed by atoms with E-state index in [1.807, 2.05) is 32.0 Å². The number of hydrogen-bond donors (Lipinski definition) is 1. The third kappa shape index (κ3) is 3.73. The van der Waals surface area contributed by atoms with Gasteiger partial charge in [0, 0.05) is 31.0 Å². The van der Waals surface area contributed by atoms with E-state index in [-0.39, 0.29) is 0 Å².